The Kier molecular flexibility index (Phi) is 5.75. The molecule has 4 heteroatoms. The summed E-state index contributed by atoms with van der Waals surface area (Å²) >= 11 is 0. The third kappa shape index (κ3) is 3.87. The van der Waals surface area contributed by atoms with Crippen LogP contribution in [0.15, 0.2) is 24.3 Å². The highest BCUT2D eigenvalue weighted by Gasteiger charge is 2.19. The Morgan fingerprint density at radius 2 is 2.18 bits per heavy atom. The van der Waals surface area contributed by atoms with Crippen molar-refractivity contribution in [1.82, 2.24) is 10.2 Å². The number of phenols is 1. The first-order valence-electron chi connectivity index (χ1n) is 5.95. The molecule has 0 bridgehead atoms. The molecule has 1 atom stereocenters. The van der Waals surface area contributed by atoms with E-state index in [9.17, 15) is 5.11 Å². The van der Waals surface area contributed by atoms with Gasteiger partial charge in [0.25, 0.3) is 0 Å². The van der Waals surface area contributed by atoms with Crippen LogP contribution in [-0.2, 0) is 6.54 Å². The molecule has 1 aromatic rings. The van der Waals surface area contributed by atoms with Crippen molar-refractivity contribution in [1.29, 1.82) is 0 Å². The number of nitrogens with zero attached hydrogens (tertiary/aromatic N) is 1. The second-order valence-corrected chi connectivity index (χ2v) is 4.54. The van der Waals surface area contributed by atoms with Crippen LogP contribution in [-0.4, -0.2) is 36.2 Å². The van der Waals surface area contributed by atoms with E-state index >= 15 is 0 Å². The quantitative estimate of drug-likeness (QED) is 0.865. The number of rotatable bonds is 4. The summed E-state index contributed by atoms with van der Waals surface area (Å²) in [6.07, 6.45) is 2.59. The SMILES string of the molecule is CN1CCCC1CNCc1ccccc1O.Cl. The van der Waals surface area contributed by atoms with E-state index in [0.29, 0.717) is 11.8 Å². The number of benzene rings is 1. The summed E-state index contributed by atoms with van der Waals surface area (Å²) in [5.74, 6) is 0.384. The van der Waals surface area contributed by atoms with Crippen LogP contribution in [0.5, 0.6) is 5.75 Å². The zero-order valence-electron chi connectivity index (χ0n) is 10.2. The number of aromatic hydroxyl groups is 1. The number of phenolic OH excluding ortho intramolecular Hbond substituents is 1. The molecule has 0 saturated carbocycles. The van der Waals surface area contributed by atoms with Crippen molar-refractivity contribution < 1.29 is 5.11 Å². The molecule has 1 aliphatic rings. The maximum absolute atomic E-state index is 9.60. The van der Waals surface area contributed by atoms with Crippen LogP contribution >= 0.6 is 12.4 Å². The standard InChI is InChI=1S/C13H20N2O.ClH/c1-15-8-4-6-12(15)10-14-9-11-5-2-3-7-13(11)16;/h2-3,5,7,12,14,16H,4,6,8-10H2,1H3;1H. The minimum atomic E-state index is 0. The van der Waals surface area contributed by atoms with Crippen molar-refractivity contribution in [2.75, 3.05) is 20.1 Å². The van der Waals surface area contributed by atoms with Gasteiger partial charge in [-0.15, -0.1) is 12.4 Å². The topological polar surface area (TPSA) is 35.5 Å². The van der Waals surface area contributed by atoms with Crippen LogP contribution in [0.2, 0.25) is 0 Å². The lowest BCUT2D eigenvalue weighted by molar-refractivity contribution is 0.300. The van der Waals surface area contributed by atoms with Crippen LogP contribution in [0.1, 0.15) is 18.4 Å². The fraction of sp³-hybridized carbons (Fsp3) is 0.538. The van der Waals surface area contributed by atoms with E-state index in [4.69, 9.17) is 0 Å². The van der Waals surface area contributed by atoms with Crippen molar-refractivity contribution in [2.24, 2.45) is 0 Å². The van der Waals surface area contributed by atoms with Crippen LogP contribution in [0, 0.1) is 0 Å². The van der Waals surface area contributed by atoms with Gasteiger partial charge in [-0.05, 0) is 32.5 Å². The number of likely N-dealkylation sites (N-methyl/N-ethyl adjacent to an activating group) is 1. The Labute approximate surface area is 109 Å². The van der Waals surface area contributed by atoms with Crippen molar-refractivity contribution in [2.45, 2.75) is 25.4 Å². The minimum absolute atomic E-state index is 0. The van der Waals surface area contributed by atoms with Gasteiger partial charge in [0.2, 0.25) is 0 Å². The number of hydrogen-bond donors (Lipinski definition) is 2. The number of hydrogen-bond acceptors (Lipinski definition) is 3. The predicted octanol–water partition coefficient (Wildman–Crippen LogP) is 2.00. The molecule has 1 aliphatic heterocycles. The Morgan fingerprint density at radius 1 is 1.41 bits per heavy atom. The molecular weight excluding hydrogens is 236 g/mol. The molecular formula is C13H21ClN2O. The van der Waals surface area contributed by atoms with Crippen molar-refractivity contribution in [3.05, 3.63) is 29.8 Å². The van der Waals surface area contributed by atoms with E-state index in [1.165, 1.54) is 19.4 Å². The summed E-state index contributed by atoms with van der Waals surface area (Å²) < 4.78 is 0. The number of halogens is 1. The van der Waals surface area contributed by atoms with Gasteiger partial charge < -0.3 is 15.3 Å². The monoisotopic (exact) mass is 256 g/mol. The molecule has 96 valence electrons. The van der Waals surface area contributed by atoms with E-state index in [-0.39, 0.29) is 12.4 Å². The van der Waals surface area contributed by atoms with Crippen LogP contribution in [0.4, 0.5) is 0 Å². The molecule has 2 rings (SSSR count). The average Bonchev–Trinajstić information content (AvgIpc) is 2.67. The zero-order chi connectivity index (χ0) is 11.4. The molecule has 3 nitrogen and oxygen atoms in total. The molecule has 1 unspecified atom stereocenters. The summed E-state index contributed by atoms with van der Waals surface area (Å²) in [6.45, 7) is 2.96. The fourth-order valence-corrected chi connectivity index (χ4v) is 2.27. The van der Waals surface area contributed by atoms with Crippen LogP contribution < -0.4 is 5.32 Å². The Bertz CT molecular complexity index is 346. The molecule has 1 saturated heterocycles. The Morgan fingerprint density at radius 3 is 2.82 bits per heavy atom. The summed E-state index contributed by atoms with van der Waals surface area (Å²) in [4.78, 5) is 2.40. The van der Waals surface area contributed by atoms with Gasteiger partial charge in [0.05, 0.1) is 0 Å². The third-order valence-electron chi connectivity index (χ3n) is 3.36. The molecule has 0 aliphatic carbocycles. The first kappa shape index (κ1) is 14.3. The lowest BCUT2D eigenvalue weighted by Gasteiger charge is -2.19. The smallest absolute Gasteiger partial charge is 0.120 e. The fourth-order valence-electron chi connectivity index (χ4n) is 2.27. The second-order valence-electron chi connectivity index (χ2n) is 4.54. The Balaban J connectivity index is 0.00000144. The van der Waals surface area contributed by atoms with Crippen LogP contribution in [0.25, 0.3) is 0 Å². The van der Waals surface area contributed by atoms with E-state index in [0.717, 1.165) is 18.7 Å². The average molecular weight is 257 g/mol. The number of likely N-dealkylation sites (tertiary alicyclic amines) is 1. The highest BCUT2D eigenvalue weighted by molar-refractivity contribution is 5.85. The maximum Gasteiger partial charge on any atom is 0.120 e. The number of nitrogens with one attached hydrogen (secondary N) is 1. The number of para-hydroxylation sites is 1. The maximum atomic E-state index is 9.60. The van der Waals surface area contributed by atoms with Crippen LogP contribution in [0.3, 0.4) is 0 Å². The van der Waals surface area contributed by atoms with Gasteiger partial charge in [0.15, 0.2) is 0 Å². The van der Waals surface area contributed by atoms with Gasteiger partial charge in [0.1, 0.15) is 5.75 Å². The van der Waals surface area contributed by atoms with Crippen molar-refractivity contribution in [3.8, 4) is 5.75 Å². The second kappa shape index (κ2) is 6.84. The lowest BCUT2D eigenvalue weighted by Crippen LogP contribution is -2.35. The van der Waals surface area contributed by atoms with Crippen molar-refractivity contribution in [3.63, 3.8) is 0 Å². The molecule has 0 aromatic heterocycles. The highest BCUT2D eigenvalue weighted by atomic mass is 35.5. The molecule has 1 heterocycles. The minimum Gasteiger partial charge on any atom is -0.508 e. The molecule has 0 amide bonds. The zero-order valence-corrected chi connectivity index (χ0v) is 11.0. The first-order valence-corrected chi connectivity index (χ1v) is 5.95. The van der Waals surface area contributed by atoms with Gasteiger partial charge in [-0.1, -0.05) is 18.2 Å². The van der Waals surface area contributed by atoms with Crippen molar-refractivity contribution >= 4 is 12.4 Å². The normalized spacial score (nSPS) is 20.2. The van der Waals surface area contributed by atoms with Gasteiger partial charge in [-0.2, -0.15) is 0 Å². The van der Waals surface area contributed by atoms with Gasteiger partial charge in [-0.3, -0.25) is 0 Å². The van der Waals surface area contributed by atoms with Gasteiger partial charge in [-0.25, -0.2) is 0 Å². The highest BCUT2D eigenvalue weighted by Crippen LogP contribution is 2.16. The summed E-state index contributed by atoms with van der Waals surface area (Å²) in [5, 5.41) is 13.0. The lowest BCUT2D eigenvalue weighted by atomic mass is 10.2. The summed E-state index contributed by atoms with van der Waals surface area (Å²) in [5.41, 5.74) is 0.975. The van der Waals surface area contributed by atoms with Gasteiger partial charge >= 0.3 is 0 Å². The van der Waals surface area contributed by atoms with E-state index in [2.05, 4.69) is 17.3 Å². The van der Waals surface area contributed by atoms with E-state index in [1.807, 2.05) is 18.2 Å². The molecule has 2 N–H and O–H groups in total. The van der Waals surface area contributed by atoms with Gasteiger partial charge in [0, 0.05) is 24.7 Å². The molecule has 0 radical (unpaired) electrons. The summed E-state index contributed by atoms with van der Waals surface area (Å²) in [6, 6.07) is 8.16. The largest absolute Gasteiger partial charge is 0.508 e. The predicted molar refractivity (Wildman–Crippen MR) is 72.7 cm³/mol. The molecule has 1 fully saturated rings. The summed E-state index contributed by atoms with van der Waals surface area (Å²) in [7, 11) is 2.18. The molecule has 1 aromatic carbocycles. The third-order valence-corrected chi connectivity index (χ3v) is 3.36. The molecule has 0 spiro atoms. The Hall–Kier alpha value is -0.770. The molecule has 17 heavy (non-hydrogen) atoms. The first-order chi connectivity index (χ1) is 7.77. The van der Waals surface area contributed by atoms with E-state index in [1.54, 1.807) is 6.07 Å². The van der Waals surface area contributed by atoms with E-state index < -0.39 is 0 Å².